The van der Waals surface area contributed by atoms with Gasteiger partial charge >= 0.3 is 0 Å². The summed E-state index contributed by atoms with van der Waals surface area (Å²) in [6, 6.07) is 8.13. The van der Waals surface area contributed by atoms with Crippen molar-refractivity contribution in [2.24, 2.45) is 11.7 Å². The van der Waals surface area contributed by atoms with Crippen LogP contribution in [0.25, 0.3) is 0 Å². The number of benzene rings is 1. The lowest BCUT2D eigenvalue weighted by Crippen LogP contribution is -2.37. The number of nitrogens with zero attached hydrogens (tertiary/aromatic N) is 1. The maximum absolute atomic E-state index is 12.4. The standard InChI is InChI=1S/C16H24N2O2/c1-18(11-12-4-3-5-15(10-12)20-2)16(19)13-6-8-14(17)9-7-13/h3-5,10,13-14H,6-9,11,17H2,1-2H3. The fraction of sp³-hybridized carbons (Fsp3) is 0.562. The molecule has 1 amide bonds. The summed E-state index contributed by atoms with van der Waals surface area (Å²) in [7, 11) is 3.52. The predicted molar refractivity (Wildman–Crippen MR) is 79.4 cm³/mol. The van der Waals surface area contributed by atoms with Crippen molar-refractivity contribution in [1.82, 2.24) is 4.90 Å². The lowest BCUT2D eigenvalue weighted by molar-refractivity contribution is -0.135. The van der Waals surface area contributed by atoms with Crippen molar-refractivity contribution in [3.63, 3.8) is 0 Å². The third-order valence-corrected chi connectivity index (χ3v) is 4.05. The third-order valence-electron chi connectivity index (χ3n) is 4.05. The Labute approximate surface area is 120 Å². The number of ether oxygens (including phenoxy) is 1. The Balaban J connectivity index is 1.93. The maximum Gasteiger partial charge on any atom is 0.225 e. The van der Waals surface area contributed by atoms with Gasteiger partial charge in [0.05, 0.1) is 7.11 Å². The van der Waals surface area contributed by atoms with Crippen LogP contribution in [0.2, 0.25) is 0 Å². The summed E-state index contributed by atoms with van der Waals surface area (Å²) in [5.74, 6) is 1.21. The quantitative estimate of drug-likeness (QED) is 0.917. The lowest BCUT2D eigenvalue weighted by atomic mass is 9.85. The van der Waals surface area contributed by atoms with Crippen LogP contribution in [0.1, 0.15) is 31.2 Å². The lowest BCUT2D eigenvalue weighted by Gasteiger charge is -2.29. The second-order valence-corrected chi connectivity index (χ2v) is 5.66. The SMILES string of the molecule is COc1cccc(CN(C)C(=O)C2CCC(N)CC2)c1. The van der Waals surface area contributed by atoms with E-state index in [1.807, 2.05) is 36.2 Å². The number of hydrogen-bond acceptors (Lipinski definition) is 3. The van der Waals surface area contributed by atoms with E-state index >= 15 is 0 Å². The second kappa shape index (κ2) is 6.75. The largest absolute Gasteiger partial charge is 0.497 e. The minimum absolute atomic E-state index is 0.144. The molecule has 1 aromatic carbocycles. The first-order chi connectivity index (χ1) is 9.60. The summed E-state index contributed by atoms with van der Waals surface area (Å²) in [4.78, 5) is 14.2. The fourth-order valence-electron chi connectivity index (χ4n) is 2.80. The zero-order valence-corrected chi connectivity index (χ0v) is 12.3. The number of nitrogens with two attached hydrogens (primary N) is 1. The van der Waals surface area contributed by atoms with Gasteiger partial charge in [-0.25, -0.2) is 0 Å². The van der Waals surface area contributed by atoms with E-state index in [0.717, 1.165) is 37.0 Å². The van der Waals surface area contributed by atoms with Crippen LogP contribution in [0.3, 0.4) is 0 Å². The number of carbonyl (C=O) groups excluding carboxylic acids is 1. The van der Waals surface area contributed by atoms with E-state index < -0.39 is 0 Å². The molecular formula is C16H24N2O2. The maximum atomic E-state index is 12.4. The Morgan fingerprint density at radius 1 is 1.35 bits per heavy atom. The van der Waals surface area contributed by atoms with Crippen molar-refractivity contribution < 1.29 is 9.53 Å². The zero-order valence-electron chi connectivity index (χ0n) is 12.3. The number of carbonyl (C=O) groups is 1. The van der Waals surface area contributed by atoms with E-state index in [-0.39, 0.29) is 17.9 Å². The molecule has 1 fully saturated rings. The molecule has 110 valence electrons. The van der Waals surface area contributed by atoms with Crippen molar-refractivity contribution in [1.29, 1.82) is 0 Å². The summed E-state index contributed by atoms with van der Waals surface area (Å²) in [6.45, 7) is 0.624. The smallest absolute Gasteiger partial charge is 0.225 e. The molecule has 20 heavy (non-hydrogen) atoms. The molecule has 1 aliphatic carbocycles. The van der Waals surface area contributed by atoms with Gasteiger partial charge < -0.3 is 15.4 Å². The average molecular weight is 276 g/mol. The highest BCUT2D eigenvalue weighted by Gasteiger charge is 2.26. The summed E-state index contributed by atoms with van der Waals surface area (Å²) in [5.41, 5.74) is 6.98. The summed E-state index contributed by atoms with van der Waals surface area (Å²) >= 11 is 0. The molecule has 0 radical (unpaired) electrons. The molecule has 1 aliphatic rings. The first-order valence-electron chi connectivity index (χ1n) is 7.23. The molecule has 0 spiro atoms. The number of methoxy groups -OCH3 is 1. The van der Waals surface area contributed by atoms with Gasteiger partial charge in [-0.1, -0.05) is 12.1 Å². The van der Waals surface area contributed by atoms with Gasteiger partial charge in [0.25, 0.3) is 0 Å². The van der Waals surface area contributed by atoms with Crippen molar-refractivity contribution in [3.05, 3.63) is 29.8 Å². The third kappa shape index (κ3) is 3.73. The molecule has 1 saturated carbocycles. The Morgan fingerprint density at radius 3 is 2.70 bits per heavy atom. The summed E-state index contributed by atoms with van der Waals surface area (Å²) in [5, 5.41) is 0. The molecular weight excluding hydrogens is 252 g/mol. The molecule has 4 heteroatoms. The molecule has 0 atom stereocenters. The summed E-state index contributed by atoms with van der Waals surface area (Å²) < 4.78 is 5.21. The van der Waals surface area contributed by atoms with E-state index in [9.17, 15) is 4.79 Å². The molecule has 1 aromatic rings. The van der Waals surface area contributed by atoms with E-state index in [1.165, 1.54) is 0 Å². The van der Waals surface area contributed by atoms with Crippen molar-refractivity contribution in [2.75, 3.05) is 14.2 Å². The van der Waals surface area contributed by atoms with Gasteiger partial charge in [-0.15, -0.1) is 0 Å². The molecule has 0 aromatic heterocycles. The van der Waals surface area contributed by atoms with Gasteiger partial charge in [0.2, 0.25) is 5.91 Å². The van der Waals surface area contributed by atoms with Crippen LogP contribution in [0.4, 0.5) is 0 Å². The van der Waals surface area contributed by atoms with Gasteiger partial charge in [0.15, 0.2) is 0 Å². The first-order valence-corrected chi connectivity index (χ1v) is 7.23. The molecule has 0 heterocycles. The van der Waals surface area contributed by atoms with Crippen LogP contribution in [-0.4, -0.2) is 31.0 Å². The molecule has 2 rings (SSSR count). The number of hydrogen-bond donors (Lipinski definition) is 1. The molecule has 0 bridgehead atoms. The van der Waals surface area contributed by atoms with Crippen LogP contribution in [-0.2, 0) is 11.3 Å². The van der Waals surface area contributed by atoms with Gasteiger partial charge in [0, 0.05) is 25.6 Å². The van der Waals surface area contributed by atoms with Crippen LogP contribution < -0.4 is 10.5 Å². The normalized spacial score (nSPS) is 22.4. The van der Waals surface area contributed by atoms with Gasteiger partial charge in [-0.2, -0.15) is 0 Å². The van der Waals surface area contributed by atoms with Crippen molar-refractivity contribution in [2.45, 2.75) is 38.3 Å². The molecule has 2 N–H and O–H groups in total. The fourth-order valence-corrected chi connectivity index (χ4v) is 2.80. The van der Waals surface area contributed by atoms with Crippen LogP contribution in [0.5, 0.6) is 5.75 Å². The molecule has 0 unspecified atom stereocenters. The van der Waals surface area contributed by atoms with Crippen LogP contribution in [0.15, 0.2) is 24.3 Å². The molecule has 4 nitrogen and oxygen atoms in total. The topological polar surface area (TPSA) is 55.6 Å². The Bertz CT molecular complexity index is 454. The minimum atomic E-state index is 0.144. The summed E-state index contributed by atoms with van der Waals surface area (Å²) in [6.07, 6.45) is 3.76. The van der Waals surface area contributed by atoms with Gasteiger partial charge in [0.1, 0.15) is 5.75 Å². The predicted octanol–water partition coefficient (Wildman–Crippen LogP) is 2.17. The van der Waals surface area contributed by atoms with Gasteiger partial charge in [-0.05, 0) is 43.4 Å². The second-order valence-electron chi connectivity index (χ2n) is 5.66. The van der Waals surface area contributed by atoms with Gasteiger partial charge in [-0.3, -0.25) is 4.79 Å². The van der Waals surface area contributed by atoms with E-state index in [4.69, 9.17) is 10.5 Å². The number of rotatable bonds is 4. The highest BCUT2D eigenvalue weighted by molar-refractivity contribution is 5.78. The molecule has 0 aliphatic heterocycles. The Hall–Kier alpha value is -1.55. The molecule has 0 saturated heterocycles. The number of amides is 1. The zero-order chi connectivity index (χ0) is 14.5. The Morgan fingerprint density at radius 2 is 2.05 bits per heavy atom. The Kier molecular flexibility index (Phi) is 5.01. The van der Waals surface area contributed by atoms with E-state index in [0.29, 0.717) is 6.54 Å². The first kappa shape index (κ1) is 14.9. The van der Waals surface area contributed by atoms with Crippen LogP contribution in [0, 0.1) is 5.92 Å². The van der Waals surface area contributed by atoms with Crippen molar-refractivity contribution >= 4 is 5.91 Å². The van der Waals surface area contributed by atoms with E-state index in [2.05, 4.69) is 0 Å². The van der Waals surface area contributed by atoms with Crippen molar-refractivity contribution in [3.8, 4) is 5.75 Å². The van der Waals surface area contributed by atoms with Crippen LogP contribution >= 0.6 is 0 Å². The minimum Gasteiger partial charge on any atom is -0.497 e. The average Bonchev–Trinajstić information content (AvgIpc) is 2.47. The highest BCUT2D eigenvalue weighted by Crippen LogP contribution is 2.25. The van der Waals surface area contributed by atoms with E-state index in [1.54, 1.807) is 7.11 Å². The highest BCUT2D eigenvalue weighted by atomic mass is 16.5. The monoisotopic (exact) mass is 276 g/mol.